The Hall–Kier alpha value is -2.60. The molecule has 0 aliphatic rings. The molecule has 2 rings (SSSR count). The number of amides is 1. The number of likely N-dealkylation sites (N-methyl/N-ethyl adjacent to an activating group) is 1. The minimum Gasteiger partial charge on any atom is -0.493 e. The van der Waals surface area contributed by atoms with Crippen LogP contribution in [-0.2, 0) is 17.9 Å². The van der Waals surface area contributed by atoms with Gasteiger partial charge in [-0.25, -0.2) is 4.39 Å². The molecule has 0 atom stereocenters. The average molecular weight is 374 g/mol. The van der Waals surface area contributed by atoms with E-state index in [0.717, 1.165) is 17.7 Å². The highest BCUT2D eigenvalue weighted by Gasteiger charge is 2.12. The van der Waals surface area contributed by atoms with E-state index in [1.165, 1.54) is 12.1 Å². The van der Waals surface area contributed by atoms with Crippen molar-refractivity contribution in [1.82, 2.24) is 10.2 Å². The van der Waals surface area contributed by atoms with Gasteiger partial charge in [0.2, 0.25) is 5.91 Å². The fraction of sp³-hybridized carbons (Fsp3) is 0.381. The van der Waals surface area contributed by atoms with Crippen LogP contribution in [0.5, 0.6) is 11.5 Å². The molecule has 0 bridgehead atoms. The second kappa shape index (κ2) is 10.5. The zero-order valence-corrected chi connectivity index (χ0v) is 16.1. The lowest BCUT2D eigenvalue weighted by Crippen LogP contribution is -2.36. The van der Waals surface area contributed by atoms with Gasteiger partial charge in [0, 0.05) is 13.1 Å². The first-order chi connectivity index (χ1) is 13.0. The normalized spacial score (nSPS) is 10.7. The molecule has 0 heterocycles. The number of methoxy groups -OCH3 is 1. The third kappa shape index (κ3) is 6.57. The van der Waals surface area contributed by atoms with Crippen molar-refractivity contribution in [3.05, 3.63) is 59.4 Å². The molecule has 1 amide bonds. The topological polar surface area (TPSA) is 50.8 Å². The molecule has 1 N–H and O–H groups in total. The number of hydrogen-bond donors (Lipinski definition) is 1. The first-order valence-electron chi connectivity index (χ1n) is 9.08. The fourth-order valence-electron chi connectivity index (χ4n) is 2.68. The summed E-state index contributed by atoms with van der Waals surface area (Å²) < 4.78 is 23.8. The van der Waals surface area contributed by atoms with E-state index >= 15 is 0 Å². The zero-order valence-electron chi connectivity index (χ0n) is 16.1. The number of nitrogens with zero attached hydrogens (tertiary/aromatic N) is 1. The van der Waals surface area contributed by atoms with E-state index in [-0.39, 0.29) is 18.3 Å². The average Bonchev–Trinajstić information content (AvgIpc) is 2.68. The largest absolute Gasteiger partial charge is 0.493 e. The molecular weight excluding hydrogens is 347 g/mol. The minimum atomic E-state index is -0.284. The first-order valence-corrected chi connectivity index (χ1v) is 9.08. The lowest BCUT2D eigenvalue weighted by molar-refractivity contribution is -0.122. The molecule has 27 heavy (non-hydrogen) atoms. The molecule has 0 spiro atoms. The maximum absolute atomic E-state index is 12.9. The molecule has 2 aromatic carbocycles. The number of nitrogens with one attached hydrogen (secondary N) is 1. The molecule has 0 aliphatic heterocycles. The van der Waals surface area contributed by atoms with Crippen LogP contribution in [0.3, 0.4) is 0 Å². The molecule has 5 nitrogen and oxygen atoms in total. The monoisotopic (exact) mass is 374 g/mol. The molecule has 0 fully saturated rings. The molecule has 6 heteroatoms. The molecule has 0 aromatic heterocycles. The lowest BCUT2D eigenvalue weighted by Gasteiger charge is -2.21. The van der Waals surface area contributed by atoms with Gasteiger partial charge in [-0.15, -0.1) is 0 Å². The van der Waals surface area contributed by atoms with E-state index in [0.29, 0.717) is 31.2 Å². The number of ether oxygens (including phenoxy) is 2. The van der Waals surface area contributed by atoms with Gasteiger partial charge in [0.1, 0.15) is 5.82 Å². The highest BCUT2D eigenvalue weighted by Crippen LogP contribution is 2.28. The number of benzene rings is 2. The van der Waals surface area contributed by atoms with Crippen LogP contribution in [0, 0.1) is 5.82 Å². The maximum atomic E-state index is 12.9. The quantitative estimate of drug-likeness (QED) is 0.693. The summed E-state index contributed by atoms with van der Waals surface area (Å²) >= 11 is 0. The van der Waals surface area contributed by atoms with Gasteiger partial charge in [-0.1, -0.05) is 25.1 Å². The Balaban J connectivity index is 1.90. The molecule has 2 aromatic rings. The zero-order chi connectivity index (χ0) is 19.6. The van der Waals surface area contributed by atoms with Gasteiger partial charge in [-0.2, -0.15) is 0 Å². The smallest absolute Gasteiger partial charge is 0.234 e. The van der Waals surface area contributed by atoms with Crippen LogP contribution in [-0.4, -0.2) is 37.6 Å². The molecule has 146 valence electrons. The number of halogens is 1. The van der Waals surface area contributed by atoms with Crippen molar-refractivity contribution >= 4 is 5.91 Å². The summed E-state index contributed by atoms with van der Waals surface area (Å²) in [7, 11) is 1.61. The third-order valence-corrected chi connectivity index (χ3v) is 4.15. The fourth-order valence-corrected chi connectivity index (χ4v) is 2.68. The van der Waals surface area contributed by atoms with Gasteiger partial charge >= 0.3 is 0 Å². The van der Waals surface area contributed by atoms with E-state index in [1.807, 2.05) is 36.9 Å². The first kappa shape index (κ1) is 20.7. The summed E-state index contributed by atoms with van der Waals surface area (Å²) in [5.41, 5.74) is 1.91. The predicted octanol–water partition coefficient (Wildman–Crippen LogP) is 3.37. The third-order valence-electron chi connectivity index (χ3n) is 4.15. The Labute approximate surface area is 160 Å². The standard InChI is InChI=1S/C21H27FN2O3/c1-4-24(14-17-8-11-19(27-5-2)20(12-17)26-3)15-21(25)23-13-16-6-9-18(22)10-7-16/h6-12H,4-5,13-15H2,1-3H3,(H,23,25). The summed E-state index contributed by atoms with van der Waals surface area (Å²) in [5, 5.41) is 2.87. The number of carbonyl (C=O) groups is 1. The Bertz CT molecular complexity index is 735. The van der Waals surface area contributed by atoms with E-state index < -0.39 is 0 Å². The summed E-state index contributed by atoms with van der Waals surface area (Å²) in [6.45, 7) is 6.55. The van der Waals surface area contributed by atoms with Gasteiger partial charge in [0.05, 0.1) is 20.3 Å². The Morgan fingerprint density at radius 1 is 1.07 bits per heavy atom. The Morgan fingerprint density at radius 3 is 2.41 bits per heavy atom. The molecule has 0 saturated heterocycles. The van der Waals surface area contributed by atoms with Crippen molar-refractivity contribution < 1.29 is 18.7 Å². The maximum Gasteiger partial charge on any atom is 0.234 e. The summed E-state index contributed by atoms with van der Waals surface area (Å²) in [5.74, 6) is 1.04. The Kier molecular flexibility index (Phi) is 8.07. The van der Waals surface area contributed by atoms with Gasteiger partial charge in [-0.3, -0.25) is 9.69 Å². The van der Waals surface area contributed by atoms with E-state index in [1.54, 1.807) is 19.2 Å². The highest BCUT2D eigenvalue weighted by atomic mass is 19.1. The van der Waals surface area contributed by atoms with Crippen LogP contribution in [0.15, 0.2) is 42.5 Å². The second-order valence-corrected chi connectivity index (χ2v) is 6.12. The number of carbonyl (C=O) groups excluding carboxylic acids is 1. The predicted molar refractivity (Wildman–Crippen MR) is 103 cm³/mol. The van der Waals surface area contributed by atoms with Crippen LogP contribution < -0.4 is 14.8 Å². The van der Waals surface area contributed by atoms with Crippen molar-refractivity contribution in [2.75, 3.05) is 26.8 Å². The second-order valence-electron chi connectivity index (χ2n) is 6.12. The van der Waals surface area contributed by atoms with Crippen LogP contribution >= 0.6 is 0 Å². The van der Waals surface area contributed by atoms with Crippen molar-refractivity contribution in [3.63, 3.8) is 0 Å². The molecule has 0 unspecified atom stereocenters. The van der Waals surface area contributed by atoms with E-state index in [9.17, 15) is 9.18 Å². The summed E-state index contributed by atoms with van der Waals surface area (Å²) in [6, 6.07) is 11.9. The van der Waals surface area contributed by atoms with Gasteiger partial charge in [-0.05, 0) is 48.9 Å². The molecular formula is C21H27FN2O3. The van der Waals surface area contributed by atoms with Crippen LogP contribution in [0.4, 0.5) is 4.39 Å². The van der Waals surface area contributed by atoms with Gasteiger partial charge in [0.15, 0.2) is 11.5 Å². The SMILES string of the molecule is CCOc1ccc(CN(CC)CC(=O)NCc2ccc(F)cc2)cc1OC. The van der Waals surface area contributed by atoms with Crippen LogP contribution in [0.1, 0.15) is 25.0 Å². The molecule has 0 saturated carbocycles. The van der Waals surface area contributed by atoms with Crippen LogP contribution in [0.2, 0.25) is 0 Å². The minimum absolute atomic E-state index is 0.0703. The summed E-state index contributed by atoms with van der Waals surface area (Å²) in [4.78, 5) is 14.3. The summed E-state index contributed by atoms with van der Waals surface area (Å²) in [6.07, 6.45) is 0. The van der Waals surface area contributed by atoms with E-state index in [4.69, 9.17) is 9.47 Å². The highest BCUT2D eigenvalue weighted by molar-refractivity contribution is 5.78. The van der Waals surface area contributed by atoms with Gasteiger partial charge in [0.25, 0.3) is 0 Å². The van der Waals surface area contributed by atoms with E-state index in [2.05, 4.69) is 5.32 Å². The number of hydrogen-bond acceptors (Lipinski definition) is 4. The van der Waals surface area contributed by atoms with Crippen LogP contribution in [0.25, 0.3) is 0 Å². The lowest BCUT2D eigenvalue weighted by atomic mass is 10.2. The number of rotatable bonds is 10. The van der Waals surface area contributed by atoms with Crippen molar-refractivity contribution in [2.24, 2.45) is 0 Å². The molecule has 0 radical (unpaired) electrons. The Morgan fingerprint density at radius 2 is 1.78 bits per heavy atom. The van der Waals surface area contributed by atoms with Crippen molar-refractivity contribution in [2.45, 2.75) is 26.9 Å². The van der Waals surface area contributed by atoms with Crippen molar-refractivity contribution in [1.29, 1.82) is 0 Å². The van der Waals surface area contributed by atoms with Gasteiger partial charge < -0.3 is 14.8 Å². The molecule has 0 aliphatic carbocycles. The van der Waals surface area contributed by atoms with Crippen molar-refractivity contribution in [3.8, 4) is 11.5 Å².